The van der Waals surface area contributed by atoms with E-state index in [4.69, 9.17) is 5.73 Å². The van der Waals surface area contributed by atoms with Crippen LogP contribution in [0, 0.1) is 0 Å². The molecule has 1 amide bonds. The second-order valence-electron chi connectivity index (χ2n) is 3.33. The highest BCUT2D eigenvalue weighted by Crippen LogP contribution is 2.27. The van der Waals surface area contributed by atoms with Crippen LogP contribution in [0.5, 0.6) is 0 Å². The molecule has 1 aliphatic rings. The molecule has 0 spiro atoms. The summed E-state index contributed by atoms with van der Waals surface area (Å²) in [6.07, 6.45) is 0. The van der Waals surface area contributed by atoms with Crippen LogP contribution in [-0.2, 0) is 4.79 Å². The van der Waals surface area contributed by atoms with Crippen molar-refractivity contribution in [2.45, 2.75) is 0 Å². The molecule has 0 aliphatic carbocycles. The number of amides is 1. The fourth-order valence-electron chi connectivity index (χ4n) is 1.70. The van der Waals surface area contributed by atoms with E-state index in [9.17, 15) is 4.79 Å². The van der Waals surface area contributed by atoms with Gasteiger partial charge in [0, 0.05) is 13.1 Å². The van der Waals surface area contributed by atoms with Gasteiger partial charge in [0.15, 0.2) is 0 Å². The molecule has 0 saturated heterocycles. The van der Waals surface area contributed by atoms with Crippen molar-refractivity contribution in [1.82, 2.24) is 0 Å². The maximum absolute atomic E-state index is 10.8. The second-order valence-corrected chi connectivity index (χ2v) is 3.33. The van der Waals surface area contributed by atoms with Crippen molar-refractivity contribution < 1.29 is 4.79 Å². The molecule has 0 bridgehead atoms. The van der Waals surface area contributed by atoms with Crippen molar-refractivity contribution in [2.24, 2.45) is 5.73 Å². The number of anilines is 2. The van der Waals surface area contributed by atoms with Crippen molar-refractivity contribution in [3.8, 4) is 0 Å². The van der Waals surface area contributed by atoms with E-state index in [1.807, 2.05) is 29.2 Å². The average molecular weight is 191 g/mol. The monoisotopic (exact) mass is 191 g/mol. The van der Waals surface area contributed by atoms with E-state index in [0.29, 0.717) is 6.54 Å². The van der Waals surface area contributed by atoms with E-state index < -0.39 is 0 Å². The molecule has 74 valence electrons. The largest absolute Gasteiger partial charge is 0.382 e. The summed E-state index contributed by atoms with van der Waals surface area (Å²) in [4.78, 5) is 12.8. The Kier molecular flexibility index (Phi) is 2.26. The zero-order valence-corrected chi connectivity index (χ0v) is 7.86. The van der Waals surface area contributed by atoms with E-state index in [0.717, 1.165) is 24.5 Å². The molecular weight excluding hydrogens is 178 g/mol. The van der Waals surface area contributed by atoms with Crippen molar-refractivity contribution in [3.63, 3.8) is 0 Å². The third kappa shape index (κ3) is 1.64. The molecule has 0 atom stereocenters. The maximum atomic E-state index is 10.8. The lowest BCUT2D eigenvalue weighted by atomic mass is 10.2. The number of benzene rings is 1. The van der Waals surface area contributed by atoms with Gasteiger partial charge in [-0.2, -0.15) is 0 Å². The number of nitrogens with zero attached hydrogens (tertiary/aromatic N) is 1. The van der Waals surface area contributed by atoms with Gasteiger partial charge in [-0.3, -0.25) is 4.79 Å². The quantitative estimate of drug-likeness (QED) is 0.711. The summed E-state index contributed by atoms with van der Waals surface area (Å²) in [7, 11) is 0. The molecule has 0 aromatic heterocycles. The molecule has 14 heavy (non-hydrogen) atoms. The Labute approximate surface area is 82.7 Å². The molecule has 0 radical (unpaired) electrons. The zero-order chi connectivity index (χ0) is 9.97. The Hall–Kier alpha value is -1.71. The summed E-state index contributed by atoms with van der Waals surface area (Å²) in [6, 6.07) is 7.92. The zero-order valence-electron chi connectivity index (χ0n) is 7.86. The minimum Gasteiger partial charge on any atom is -0.382 e. The van der Waals surface area contributed by atoms with Gasteiger partial charge in [0.1, 0.15) is 0 Å². The summed E-state index contributed by atoms with van der Waals surface area (Å²) in [5, 5.41) is 3.27. The summed E-state index contributed by atoms with van der Waals surface area (Å²) in [5.74, 6) is -0.290. The lowest BCUT2D eigenvalue weighted by Gasteiger charge is -2.30. The second kappa shape index (κ2) is 3.57. The predicted octanol–water partition coefficient (Wildman–Crippen LogP) is 0.404. The Morgan fingerprint density at radius 3 is 3.07 bits per heavy atom. The SMILES string of the molecule is NC(=O)CN1CCNc2ccccc21. The topological polar surface area (TPSA) is 58.4 Å². The number of hydrogen-bond acceptors (Lipinski definition) is 3. The number of para-hydroxylation sites is 2. The van der Waals surface area contributed by atoms with Crippen molar-refractivity contribution in [2.75, 3.05) is 29.9 Å². The highest BCUT2D eigenvalue weighted by atomic mass is 16.1. The third-order valence-corrected chi connectivity index (χ3v) is 2.29. The molecule has 0 fully saturated rings. The van der Waals surface area contributed by atoms with Crippen LogP contribution in [0.25, 0.3) is 0 Å². The number of carbonyl (C=O) groups is 1. The van der Waals surface area contributed by atoms with Crippen molar-refractivity contribution in [1.29, 1.82) is 0 Å². The van der Waals surface area contributed by atoms with E-state index in [-0.39, 0.29) is 5.91 Å². The number of rotatable bonds is 2. The number of hydrogen-bond donors (Lipinski definition) is 2. The minimum atomic E-state index is -0.290. The van der Waals surface area contributed by atoms with Gasteiger partial charge in [-0.15, -0.1) is 0 Å². The average Bonchev–Trinajstić information content (AvgIpc) is 2.18. The minimum absolute atomic E-state index is 0.290. The lowest BCUT2D eigenvalue weighted by molar-refractivity contribution is -0.116. The highest BCUT2D eigenvalue weighted by Gasteiger charge is 2.16. The van der Waals surface area contributed by atoms with Crippen LogP contribution >= 0.6 is 0 Å². The standard InChI is InChI=1S/C10H13N3O/c11-10(14)7-13-6-5-12-8-3-1-2-4-9(8)13/h1-4,12H,5-7H2,(H2,11,14). The summed E-state index contributed by atoms with van der Waals surface area (Å²) in [6.45, 7) is 1.96. The molecule has 1 aromatic rings. The van der Waals surface area contributed by atoms with Gasteiger partial charge in [-0.25, -0.2) is 0 Å². The fourth-order valence-corrected chi connectivity index (χ4v) is 1.70. The molecule has 4 nitrogen and oxygen atoms in total. The fraction of sp³-hybridized carbons (Fsp3) is 0.300. The van der Waals surface area contributed by atoms with Crippen molar-refractivity contribution in [3.05, 3.63) is 24.3 Å². The van der Waals surface area contributed by atoms with Crippen LogP contribution in [0.2, 0.25) is 0 Å². The lowest BCUT2D eigenvalue weighted by Crippen LogP contribution is -2.39. The van der Waals surface area contributed by atoms with Crippen LogP contribution in [0.15, 0.2) is 24.3 Å². The Morgan fingerprint density at radius 1 is 1.50 bits per heavy atom. The Balaban J connectivity index is 2.26. The Morgan fingerprint density at radius 2 is 2.29 bits per heavy atom. The van der Waals surface area contributed by atoms with E-state index in [2.05, 4.69) is 5.32 Å². The van der Waals surface area contributed by atoms with Gasteiger partial charge >= 0.3 is 0 Å². The van der Waals surface area contributed by atoms with E-state index >= 15 is 0 Å². The molecular formula is C10H13N3O. The number of primary amides is 1. The number of nitrogens with two attached hydrogens (primary N) is 1. The Bertz CT molecular complexity index is 351. The van der Waals surface area contributed by atoms with Crippen molar-refractivity contribution >= 4 is 17.3 Å². The van der Waals surface area contributed by atoms with Crippen LogP contribution in [0.4, 0.5) is 11.4 Å². The summed E-state index contributed by atoms with van der Waals surface area (Å²) in [5.41, 5.74) is 7.30. The molecule has 0 unspecified atom stereocenters. The number of carbonyl (C=O) groups excluding carboxylic acids is 1. The molecule has 1 aliphatic heterocycles. The van der Waals surface area contributed by atoms with Gasteiger partial charge in [-0.05, 0) is 12.1 Å². The molecule has 1 aromatic carbocycles. The first-order valence-electron chi connectivity index (χ1n) is 4.63. The first-order chi connectivity index (χ1) is 6.77. The third-order valence-electron chi connectivity index (χ3n) is 2.29. The summed E-state index contributed by atoms with van der Waals surface area (Å²) >= 11 is 0. The van der Waals surface area contributed by atoms with E-state index in [1.165, 1.54) is 0 Å². The predicted molar refractivity (Wildman–Crippen MR) is 56.3 cm³/mol. The summed E-state index contributed by atoms with van der Waals surface area (Å²) < 4.78 is 0. The van der Waals surface area contributed by atoms with Gasteiger partial charge in [0.2, 0.25) is 5.91 Å². The van der Waals surface area contributed by atoms with Crippen LogP contribution in [0.3, 0.4) is 0 Å². The normalized spacial score (nSPS) is 14.4. The van der Waals surface area contributed by atoms with Crippen LogP contribution in [0.1, 0.15) is 0 Å². The maximum Gasteiger partial charge on any atom is 0.236 e. The smallest absolute Gasteiger partial charge is 0.236 e. The molecule has 2 rings (SSSR count). The van der Waals surface area contributed by atoms with Crippen LogP contribution in [-0.4, -0.2) is 25.5 Å². The van der Waals surface area contributed by atoms with E-state index in [1.54, 1.807) is 0 Å². The van der Waals surface area contributed by atoms with Gasteiger partial charge in [0.05, 0.1) is 17.9 Å². The number of fused-ring (bicyclic) bond motifs is 1. The van der Waals surface area contributed by atoms with Gasteiger partial charge < -0.3 is 16.0 Å². The first-order valence-corrected chi connectivity index (χ1v) is 4.63. The highest BCUT2D eigenvalue weighted by molar-refractivity contribution is 5.82. The number of nitrogens with one attached hydrogen (secondary N) is 1. The first kappa shape index (κ1) is 8.87. The van der Waals surface area contributed by atoms with Crippen LogP contribution < -0.4 is 16.0 Å². The molecule has 3 N–H and O–H groups in total. The molecule has 4 heteroatoms. The van der Waals surface area contributed by atoms with Gasteiger partial charge in [0.25, 0.3) is 0 Å². The van der Waals surface area contributed by atoms with Gasteiger partial charge in [-0.1, -0.05) is 12.1 Å². The molecule has 1 heterocycles. The molecule has 0 saturated carbocycles.